The normalized spacial score (nSPS) is 21.7. The maximum absolute atomic E-state index is 16.9. The molecule has 9 nitrogen and oxygen atoms in total. The van der Waals surface area contributed by atoms with Crippen molar-refractivity contribution in [2.24, 2.45) is 0 Å². The highest BCUT2D eigenvalue weighted by molar-refractivity contribution is 6.02. The van der Waals surface area contributed by atoms with Crippen LogP contribution >= 0.6 is 0 Å². The molecule has 2 aromatic carbocycles. The summed E-state index contributed by atoms with van der Waals surface area (Å²) >= 11 is 0. The van der Waals surface area contributed by atoms with Crippen molar-refractivity contribution in [2.75, 3.05) is 37.7 Å². The molecule has 1 amide bonds. The number of benzene rings is 2. The van der Waals surface area contributed by atoms with Crippen LogP contribution in [0, 0.1) is 24.0 Å². The van der Waals surface area contributed by atoms with Crippen LogP contribution in [-0.4, -0.2) is 86.9 Å². The van der Waals surface area contributed by atoms with Gasteiger partial charge in [0.15, 0.2) is 5.82 Å². The van der Waals surface area contributed by atoms with Crippen LogP contribution in [0.3, 0.4) is 0 Å². The molecule has 6 heterocycles. The molecule has 0 radical (unpaired) electrons. The number of ether oxygens (including phenoxy) is 2. The topological polar surface area (TPSA) is 83.9 Å². The number of carbonyl (C=O) groups excluding carboxylic acids is 1. The zero-order valence-electron chi connectivity index (χ0n) is 28.1. The second-order valence-corrected chi connectivity index (χ2v) is 14.9. The Hall–Kier alpha value is -4.56. The SMILES string of the molecule is C#Cc1c(F)ccc2cccc(-c3ncc4c(N5C[C@H]6CC[C@@H](C5)N6C(=O)OC(C)(C)C)nc(OCC56CCCN5CCC6)nc4c3F)c12. The number of fused-ring (bicyclic) bond motifs is 5. The van der Waals surface area contributed by atoms with E-state index in [1.807, 2.05) is 31.7 Å². The van der Waals surface area contributed by atoms with E-state index in [1.165, 1.54) is 6.07 Å². The Balaban J connectivity index is 1.22. The third-order valence-corrected chi connectivity index (χ3v) is 10.7. The highest BCUT2D eigenvalue weighted by atomic mass is 19.1. The standard InChI is InChI=1S/C38H40F2N6O3/c1-5-26-29(39)14-11-23-9-6-10-27(30(23)26)32-31(40)33-28(19-41-32)34(43-35(42-33)48-22-38-15-7-17-45(38)18-8-16-38)44-20-24-12-13-25(21-44)46(24)36(47)49-37(2,3)4/h1,6,9-11,14,19,24-25H,7-8,12-13,15-18,20-22H2,2-4H3/t24-,25+. The molecule has 49 heavy (non-hydrogen) atoms. The first-order valence-electron chi connectivity index (χ1n) is 17.2. The number of piperazine rings is 1. The lowest BCUT2D eigenvalue weighted by molar-refractivity contribution is 0.0122. The van der Waals surface area contributed by atoms with E-state index in [-0.39, 0.29) is 46.5 Å². The molecule has 8 rings (SSSR count). The minimum Gasteiger partial charge on any atom is -0.461 e. The van der Waals surface area contributed by atoms with Gasteiger partial charge in [0.1, 0.15) is 35.1 Å². The zero-order valence-corrected chi connectivity index (χ0v) is 28.1. The molecule has 0 spiro atoms. The molecule has 0 saturated carbocycles. The molecule has 11 heteroatoms. The van der Waals surface area contributed by atoms with Gasteiger partial charge in [0.05, 0.1) is 28.6 Å². The summed E-state index contributed by atoms with van der Waals surface area (Å²) in [7, 11) is 0. The fraction of sp³-hybridized carbons (Fsp3) is 0.474. The monoisotopic (exact) mass is 666 g/mol. The number of hydrogen-bond donors (Lipinski definition) is 0. The summed E-state index contributed by atoms with van der Waals surface area (Å²) in [6.07, 6.45) is 13.0. The van der Waals surface area contributed by atoms with Crippen molar-refractivity contribution < 1.29 is 23.0 Å². The Morgan fingerprint density at radius 1 is 1.06 bits per heavy atom. The lowest BCUT2D eigenvalue weighted by atomic mass is 9.95. The lowest BCUT2D eigenvalue weighted by Crippen LogP contribution is -2.57. The first-order valence-corrected chi connectivity index (χ1v) is 17.2. The van der Waals surface area contributed by atoms with Gasteiger partial charge in [0, 0.05) is 30.2 Å². The summed E-state index contributed by atoms with van der Waals surface area (Å²) in [4.78, 5) is 33.8. The van der Waals surface area contributed by atoms with Gasteiger partial charge in [0.2, 0.25) is 0 Å². The van der Waals surface area contributed by atoms with Gasteiger partial charge in [-0.3, -0.25) is 14.8 Å². The van der Waals surface area contributed by atoms with Crippen molar-refractivity contribution >= 4 is 33.6 Å². The van der Waals surface area contributed by atoms with Gasteiger partial charge < -0.3 is 14.4 Å². The molecule has 254 valence electrons. The van der Waals surface area contributed by atoms with Crippen LogP contribution in [-0.2, 0) is 4.74 Å². The first-order chi connectivity index (χ1) is 23.5. The fourth-order valence-corrected chi connectivity index (χ4v) is 8.56. The fourth-order valence-electron chi connectivity index (χ4n) is 8.56. The number of terminal acetylenes is 1. The second kappa shape index (κ2) is 11.8. The number of halogens is 2. The van der Waals surface area contributed by atoms with Crippen LogP contribution in [0.25, 0.3) is 32.9 Å². The van der Waals surface area contributed by atoms with E-state index in [1.54, 1.807) is 24.4 Å². The summed E-state index contributed by atoms with van der Waals surface area (Å²) < 4.78 is 44.0. The van der Waals surface area contributed by atoms with Gasteiger partial charge >= 0.3 is 12.1 Å². The van der Waals surface area contributed by atoms with Crippen molar-refractivity contribution in [1.82, 2.24) is 24.8 Å². The van der Waals surface area contributed by atoms with Gasteiger partial charge in [-0.25, -0.2) is 13.6 Å². The van der Waals surface area contributed by atoms with Crippen molar-refractivity contribution in [2.45, 2.75) is 82.5 Å². The molecule has 0 N–H and O–H groups in total. The predicted molar refractivity (Wildman–Crippen MR) is 183 cm³/mol. The molecule has 0 aliphatic carbocycles. The molecular formula is C38H40F2N6O3. The van der Waals surface area contributed by atoms with Gasteiger partial charge in [0.25, 0.3) is 0 Å². The molecular weight excluding hydrogens is 626 g/mol. The van der Waals surface area contributed by atoms with Gasteiger partial charge in [-0.1, -0.05) is 30.2 Å². The number of aromatic nitrogens is 3. The maximum atomic E-state index is 16.9. The average molecular weight is 667 g/mol. The summed E-state index contributed by atoms with van der Waals surface area (Å²) in [6.45, 7) is 9.11. The number of carbonyl (C=O) groups is 1. The molecule has 4 aromatic rings. The highest BCUT2D eigenvalue weighted by Crippen LogP contribution is 2.41. The summed E-state index contributed by atoms with van der Waals surface area (Å²) in [5.74, 6) is 1.74. The molecule has 4 saturated heterocycles. The summed E-state index contributed by atoms with van der Waals surface area (Å²) in [5, 5.41) is 1.53. The van der Waals surface area contributed by atoms with Gasteiger partial charge in [-0.05, 0) is 83.8 Å². The molecule has 2 aromatic heterocycles. The Morgan fingerprint density at radius 2 is 1.80 bits per heavy atom. The molecule has 4 fully saturated rings. The molecule has 2 atom stereocenters. The highest BCUT2D eigenvalue weighted by Gasteiger charge is 2.46. The lowest BCUT2D eigenvalue weighted by Gasteiger charge is -2.42. The number of nitrogens with zero attached hydrogens (tertiary/aromatic N) is 6. The molecule has 4 aliphatic heterocycles. The maximum Gasteiger partial charge on any atom is 0.410 e. The van der Waals surface area contributed by atoms with Crippen LogP contribution in [0.2, 0.25) is 0 Å². The van der Waals surface area contributed by atoms with Crippen molar-refractivity contribution in [3.63, 3.8) is 0 Å². The van der Waals surface area contributed by atoms with E-state index in [2.05, 4.69) is 25.7 Å². The van der Waals surface area contributed by atoms with Crippen LogP contribution in [0.1, 0.15) is 64.9 Å². The van der Waals surface area contributed by atoms with Gasteiger partial charge in [-0.2, -0.15) is 9.97 Å². The zero-order chi connectivity index (χ0) is 34.1. The van der Waals surface area contributed by atoms with Gasteiger partial charge in [-0.15, -0.1) is 6.42 Å². The third-order valence-electron chi connectivity index (χ3n) is 10.7. The third kappa shape index (κ3) is 5.41. The Morgan fingerprint density at radius 3 is 2.49 bits per heavy atom. The van der Waals surface area contributed by atoms with E-state index in [4.69, 9.17) is 20.9 Å². The Labute approximate surface area is 284 Å². The Kier molecular flexibility index (Phi) is 7.63. The number of amides is 1. The largest absolute Gasteiger partial charge is 0.461 e. The number of hydrogen-bond acceptors (Lipinski definition) is 8. The van der Waals surface area contributed by atoms with E-state index >= 15 is 4.39 Å². The average Bonchev–Trinajstić information content (AvgIpc) is 3.73. The van der Waals surface area contributed by atoms with Crippen molar-refractivity contribution in [1.29, 1.82) is 0 Å². The summed E-state index contributed by atoms with van der Waals surface area (Å²) in [6, 6.07) is 8.15. The molecule has 4 aliphatic rings. The Bertz CT molecular complexity index is 2000. The second-order valence-electron chi connectivity index (χ2n) is 14.9. The van der Waals surface area contributed by atoms with Crippen LogP contribution in [0.15, 0.2) is 36.5 Å². The number of anilines is 1. The van der Waals surface area contributed by atoms with E-state index < -0.39 is 17.2 Å². The quantitative estimate of drug-likeness (QED) is 0.218. The molecule has 2 bridgehead atoms. The molecule has 0 unspecified atom stereocenters. The summed E-state index contributed by atoms with van der Waals surface area (Å²) in [5.41, 5.74) is -0.151. The van der Waals surface area contributed by atoms with E-state index in [9.17, 15) is 9.18 Å². The minimum absolute atomic E-state index is 0.0157. The smallest absolute Gasteiger partial charge is 0.410 e. The number of rotatable bonds is 5. The van der Waals surface area contributed by atoms with Crippen LogP contribution < -0.4 is 9.64 Å². The number of pyridine rings is 1. The van der Waals surface area contributed by atoms with E-state index in [0.29, 0.717) is 47.2 Å². The van der Waals surface area contributed by atoms with Crippen molar-refractivity contribution in [3.8, 4) is 29.6 Å². The van der Waals surface area contributed by atoms with Crippen LogP contribution in [0.5, 0.6) is 6.01 Å². The van der Waals surface area contributed by atoms with Crippen molar-refractivity contribution in [3.05, 3.63) is 53.7 Å². The minimum atomic E-state index is -0.664. The van der Waals surface area contributed by atoms with Crippen LogP contribution in [0.4, 0.5) is 19.4 Å². The first kappa shape index (κ1) is 31.7. The predicted octanol–water partition coefficient (Wildman–Crippen LogP) is 6.70. The van der Waals surface area contributed by atoms with E-state index in [0.717, 1.165) is 51.6 Å².